The molecule has 0 aliphatic rings. The fourth-order valence-electron chi connectivity index (χ4n) is 1.77. The van der Waals surface area contributed by atoms with Gasteiger partial charge in [0, 0.05) is 11.6 Å². The number of hydrogen-bond donors (Lipinski definition) is 1. The number of carbonyl (C=O) groups excluding carboxylic acids is 2. The van der Waals surface area contributed by atoms with E-state index in [1.165, 1.54) is 0 Å². The van der Waals surface area contributed by atoms with Crippen molar-refractivity contribution in [2.75, 3.05) is 11.9 Å². The van der Waals surface area contributed by atoms with E-state index < -0.39 is 0 Å². The van der Waals surface area contributed by atoms with Crippen molar-refractivity contribution in [1.29, 1.82) is 0 Å². The van der Waals surface area contributed by atoms with Crippen LogP contribution >= 0.6 is 0 Å². The van der Waals surface area contributed by atoms with Gasteiger partial charge in [0.25, 0.3) is 0 Å². The molecule has 19 heavy (non-hydrogen) atoms. The summed E-state index contributed by atoms with van der Waals surface area (Å²) in [4.78, 5) is 23.5. The summed E-state index contributed by atoms with van der Waals surface area (Å²) in [7, 11) is 0. The van der Waals surface area contributed by atoms with Crippen LogP contribution in [0.5, 0.6) is 0 Å². The maximum absolute atomic E-state index is 11.9. The molecule has 1 aromatic carbocycles. The lowest BCUT2D eigenvalue weighted by Crippen LogP contribution is -2.20. The average Bonchev–Trinajstić information content (AvgIpc) is 2.39. The third-order valence-corrected chi connectivity index (χ3v) is 2.81. The number of hydrogen-bond acceptors (Lipinski definition) is 3. The molecule has 0 heterocycles. The van der Waals surface area contributed by atoms with Crippen molar-refractivity contribution < 1.29 is 14.3 Å². The summed E-state index contributed by atoms with van der Waals surface area (Å²) in [5.41, 5.74) is 1.07. The molecule has 1 N–H and O–H groups in total. The van der Waals surface area contributed by atoms with Crippen molar-refractivity contribution in [1.82, 2.24) is 0 Å². The van der Waals surface area contributed by atoms with E-state index in [0.29, 0.717) is 17.9 Å². The molecule has 0 spiro atoms. The highest BCUT2D eigenvalue weighted by molar-refractivity contribution is 5.95. The normalized spacial score (nSPS) is 11.7. The summed E-state index contributed by atoms with van der Waals surface area (Å²) >= 11 is 0. The number of nitrogens with one attached hydrogen (secondary N) is 1. The van der Waals surface area contributed by atoms with E-state index in [-0.39, 0.29) is 17.8 Å². The molecule has 0 radical (unpaired) electrons. The van der Waals surface area contributed by atoms with Crippen LogP contribution in [0.2, 0.25) is 0 Å². The molecule has 1 aromatic rings. The molecule has 1 amide bonds. The number of carbonyl (C=O) groups is 2. The van der Waals surface area contributed by atoms with Gasteiger partial charge in [-0.25, -0.2) is 4.79 Å². The van der Waals surface area contributed by atoms with Crippen molar-refractivity contribution in [3.05, 3.63) is 29.8 Å². The largest absolute Gasteiger partial charge is 0.462 e. The number of ether oxygens (including phenoxy) is 1. The molecule has 0 bridgehead atoms. The van der Waals surface area contributed by atoms with Crippen LogP contribution in [-0.2, 0) is 9.53 Å². The van der Waals surface area contributed by atoms with Gasteiger partial charge < -0.3 is 10.1 Å². The van der Waals surface area contributed by atoms with Crippen LogP contribution < -0.4 is 5.32 Å². The van der Waals surface area contributed by atoms with Crippen LogP contribution in [0.1, 0.15) is 44.0 Å². The zero-order chi connectivity index (χ0) is 14.3. The van der Waals surface area contributed by atoms with E-state index in [1.807, 2.05) is 13.8 Å². The van der Waals surface area contributed by atoms with Gasteiger partial charge in [0.05, 0.1) is 12.2 Å². The molecule has 1 rings (SSSR count). The van der Waals surface area contributed by atoms with Crippen LogP contribution in [0.25, 0.3) is 0 Å². The second-order valence-corrected chi connectivity index (χ2v) is 4.48. The topological polar surface area (TPSA) is 55.4 Å². The zero-order valence-corrected chi connectivity index (χ0v) is 11.7. The second-order valence-electron chi connectivity index (χ2n) is 4.48. The minimum Gasteiger partial charge on any atom is -0.462 e. The quantitative estimate of drug-likeness (QED) is 0.802. The summed E-state index contributed by atoms with van der Waals surface area (Å²) < 4.78 is 4.92. The van der Waals surface area contributed by atoms with Crippen molar-refractivity contribution in [3.63, 3.8) is 0 Å². The number of amides is 1. The van der Waals surface area contributed by atoms with Gasteiger partial charge >= 0.3 is 5.97 Å². The number of anilines is 1. The standard InChI is InChI=1S/C15H21NO3/c1-4-7-11(3)14(17)16-13-9-6-8-12(10-13)15(18)19-5-2/h6,8-11H,4-5,7H2,1-3H3,(H,16,17)/t11-/m0/s1. The van der Waals surface area contributed by atoms with Crippen LogP contribution in [0.3, 0.4) is 0 Å². The Morgan fingerprint density at radius 3 is 2.68 bits per heavy atom. The highest BCUT2D eigenvalue weighted by atomic mass is 16.5. The van der Waals surface area contributed by atoms with Crippen LogP contribution in [-0.4, -0.2) is 18.5 Å². The molecule has 4 heteroatoms. The molecule has 0 saturated carbocycles. The Labute approximate surface area is 114 Å². The summed E-state index contributed by atoms with van der Waals surface area (Å²) in [5, 5.41) is 2.82. The maximum atomic E-state index is 11.9. The monoisotopic (exact) mass is 263 g/mol. The first kappa shape index (κ1) is 15.2. The van der Waals surface area contributed by atoms with E-state index in [4.69, 9.17) is 4.74 Å². The predicted molar refractivity (Wildman–Crippen MR) is 75.1 cm³/mol. The molecular weight excluding hydrogens is 242 g/mol. The first-order chi connectivity index (χ1) is 9.08. The first-order valence-corrected chi connectivity index (χ1v) is 6.66. The van der Waals surface area contributed by atoms with Gasteiger partial charge in [-0.2, -0.15) is 0 Å². The molecule has 0 aromatic heterocycles. The lowest BCUT2D eigenvalue weighted by atomic mass is 10.1. The number of benzene rings is 1. The second kappa shape index (κ2) is 7.56. The third kappa shape index (κ3) is 4.73. The summed E-state index contributed by atoms with van der Waals surface area (Å²) in [6.07, 6.45) is 1.82. The molecule has 4 nitrogen and oxygen atoms in total. The average molecular weight is 263 g/mol. The fourth-order valence-corrected chi connectivity index (χ4v) is 1.77. The minimum atomic E-state index is -0.375. The van der Waals surface area contributed by atoms with Gasteiger partial charge in [0.2, 0.25) is 5.91 Å². The fraction of sp³-hybridized carbons (Fsp3) is 0.467. The van der Waals surface area contributed by atoms with Gasteiger partial charge in [0.1, 0.15) is 0 Å². The highest BCUT2D eigenvalue weighted by Gasteiger charge is 2.13. The van der Waals surface area contributed by atoms with Crippen molar-refractivity contribution in [2.24, 2.45) is 5.92 Å². The van der Waals surface area contributed by atoms with Gasteiger partial charge in [-0.3, -0.25) is 4.79 Å². The molecule has 0 aliphatic heterocycles. The van der Waals surface area contributed by atoms with E-state index in [2.05, 4.69) is 5.32 Å². The minimum absolute atomic E-state index is 0.0251. The number of esters is 1. The van der Waals surface area contributed by atoms with E-state index >= 15 is 0 Å². The zero-order valence-electron chi connectivity index (χ0n) is 11.7. The van der Waals surface area contributed by atoms with Crippen molar-refractivity contribution in [2.45, 2.75) is 33.6 Å². The predicted octanol–water partition coefficient (Wildman–Crippen LogP) is 3.24. The Morgan fingerprint density at radius 1 is 1.32 bits per heavy atom. The van der Waals surface area contributed by atoms with E-state index in [0.717, 1.165) is 12.8 Å². The SMILES string of the molecule is CCC[C@H](C)C(=O)Nc1cccc(C(=O)OCC)c1. The molecular formula is C15H21NO3. The Bertz CT molecular complexity index is 443. The molecule has 0 saturated heterocycles. The van der Waals surface area contributed by atoms with Crippen LogP contribution in [0, 0.1) is 5.92 Å². The third-order valence-electron chi connectivity index (χ3n) is 2.81. The molecule has 0 unspecified atom stereocenters. The maximum Gasteiger partial charge on any atom is 0.338 e. The summed E-state index contributed by atoms with van der Waals surface area (Å²) in [5.74, 6) is -0.431. The van der Waals surface area contributed by atoms with Gasteiger partial charge in [-0.15, -0.1) is 0 Å². The van der Waals surface area contributed by atoms with Crippen LogP contribution in [0.15, 0.2) is 24.3 Å². The smallest absolute Gasteiger partial charge is 0.338 e. The Balaban J connectivity index is 2.72. The van der Waals surface area contributed by atoms with E-state index in [9.17, 15) is 9.59 Å². The van der Waals surface area contributed by atoms with E-state index in [1.54, 1.807) is 31.2 Å². The molecule has 1 atom stereocenters. The molecule has 0 aliphatic carbocycles. The highest BCUT2D eigenvalue weighted by Crippen LogP contribution is 2.14. The Morgan fingerprint density at radius 2 is 2.05 bits per heavy atom. The van der Waals surface area contributed by atoms with Gasteiger partial charge in [0.15, 0.2) is 0 Å². The van der Waals surface area contributed by atoms with Gasteiger partial charge in [-0.1, -0.05) is 26.3 Å². The Hall–Kier alpha value is -1.84. The van der Waals surface area contributed by atoms with Crippen LogP contribution in [0.4, 0.5) is 5.69 Å². The van der Waals surface area contributed by atoms with Crippen molar-refractivity contribution >= 4 is 17.6 Å². The summed E-state index contributed by atoms with van der Waals surface area (Å²) in [6.45, 7) is 6.04. The lowest BCUT2D eigenvalue weighted by Gasteiger charge is -2.11. The number of rotatable bonds is 6. The molecule has 0 fully saturated rings. The Kier molecular flexibility index (Phi) is 6.06. The first-order valence-electron chi connectivity index (χ1n) is 6.66. The van der Waals surface area contributed by atoms with Gasteiger partial charge in [-0.05, 0) is 31.5 Å². The summed E-state index contributed by atoms with van der Waals surface area (Å²) in [6, 6.07) is 6.79. The molecule has 104 valence electrons. The van der Waals surface area contributed by atoms with Crippen molar-refractivity contribution in [3.8, 4) is 0 Å². The lowest BCUT2D eigenvalue weighted by molar-refractivity contribution is -0.119.